The molecule has 0 aromatic heterocycles. The molecule has 0 aliphatic rings. The Hall–Kier alpha value is -3.49. The molecule has 0 unspecified atom stereocenters. The number of ether oxygens (including phenoxy) is 1. The SMILES string of the molecule is CC(C)NS(=O)(=O)c1cccc(C(=O)OCC(=O)NCCC(c2ccccc2)c2ccccc2)c1. The molecule has 35 heavy (non-hydrogen) atoms. The van der Waals surface area contributed by atoms with Crippen LogP contribution in [0, 0.1) is 0 Å². The van der Waals surface area contributed by atoms with Crippen LogP contribution < -0.4 is 10.0 Å². The van der Waals surface area contributed by atoms with Gasteiger partial charge in [-0.1, -0.05) is 66.7 Å². The van der Waals surface area contributed by atoms with Gasteiger partial charge in [-0.15, -0.1) is 0 Å². The lowest BCUT2D eigenvalue weighted by molar-refractivity contribution is -0.124. The van der Waals surface area contributed by atoms with Crippen LogP contribution in [0.4, 0.5) is 0 Å². The molecule has 2 N–H and O–H groups in total. The van der Waals surface area contributed by atoms with Gasteiger partial charge in [0.2, 0.25) is 10.0 Å². The van der Waals surface area contributed by atoms with Gasteiger partial charge in [0.1, 0.15) is 0 Å². The van der Waals surface area contributed by atoms with Gasteiger partial charge in [0, 0.05) is 18.5 Å². The van der Waals surface area contributed by atoms with Crippen LogP contribution in [0.15, 0.2) is 89.8 Å². The molecule has 3 rings (SSSR count). The molecule has 7 nitrogen and oxygen atoms in total. The Kier molecular flexibility index (Phi) is 9.17. The third kappa shape index (κ3) is 7.77. The third-order valence-corrected chi connectivity index (χ3v) is 6.92. The molecular formula is C27H30N2O5S. The number of esters is 1. The van der Waals surface area contributed by atoms with Gasteiger partial charge in [-0.05, 0) is 49.6 Å². The summed E-state index contributed by atoms with van der Waals surface area (Å²) in [7, 11) is -3.75. The first-order valence-corrected chi connectivity index (χ1v) is 12.9. The lowest BCUT2D eigenvalue weighted by Gasteiger charge is -2.18. The minimum Gasteiger partial charge on any atom is -0.452 e. The molecule has 8 heteroatoms. The van der Waals surface area contributed by atoms with Crippen molar-refractivity contribution in [2.45, 2.75) is 37.1 Å². The number of amides is 1. The predicted molar refractivity (Wildman–Crippen MR) is 135 cm³/mol. The first-order valence-electron chi connectivity index (χ1n) is 11.4. The standard InChI is InChI=1S/C27H30N2O5S/c1-20(2)29-35(32,33)24-15-9-14-23(18-24)27(31)34-19-26(30)28-17-16-25(21-10-5-3-6-11-21)22-12-7-4-8-13-22/h3-15,18,20,25,29H,16-17,19H2,1-2H3,(H,28,30). The number of carbonyl (C=O) groups is 2. The summed E-state index contributed by atoms with van der Waals surface area (Å²) in [5.74, 6) is -1.08. The van der Waals surface area contributed by atoms with E-state index < -0.39 is 28.5 Å². The highest BCUT2D eigenvalue weighted by Crippen LogP contribution is 2.27. The molecule has 3 aromatic rings. The second kappa shape index (κ2) is 12.3. The highest BCUT2D eigenvalue weighted by atomic mass is 32.2. The smallest absolute Gasteiger partial charge is 0.338 e. The summed E-state index contributed by atoms with van der Waals surface area (Å²) in [5, 5.41) is 2.79. The summed E-state index contributed by atoms with van der Waals surface area (Å²) in [6.07, 6.45) is 0.677. The summed E-state index contributed by atoms with van der Waals surface area (Å²) >= 11 is 0. The first kappa shape index (κ1) is 26.1. The van der Waals surface area contributed by atoms with Gasteiger partial charge in [-0.3, -0.25) is 4.79 Å². The van der Waals surface area contributed by atoms with E-state index in [9.17, 15) is 18.0 Å². The zero-order valence-electron chi connectivity index (χ0n) is 19.8. The summed E-state index contributed by atoms with van der Waals surface area (Å²) in [5.41, 5.74) is 2.36. The second-order valence-corrected chi connectivity index (χ2v) is 10.1. The molecule has 0 bridgehead atoms. The van der Waals surface area contributed by atoms with E-state index in [0.29, 0.717) is 13.0 Å². The van der Waals surface area contributed by atoms with Crippen LogP contribution in [0.1, 0.15) is 47.7 Å². The van der Waals surface area contributed by atoms with E-state index in [-0.39, 0.29) is 22.4 Å². The lowest BCUT2D eigenvalue weighted by atomic mass is 9.88. The molecule has 0 saturated carbocycles. The average molecular weight is 495 g/mol. The molecule has 0 spiro atoms. The largest absolute Gasteiger partial charge is 0.452 e. The van der Waals surface area contributed by atoms with Gasteiger partial charge in [-0.2, -0.15) is 0 Å². The number of rotatable bonds is 11. The highest BCUT2D eigenvalue weighted by Gasteiger charge is 2.19. The maximum Gasteiger partial charge on any atom is 0.338 e. The van der Waals surface area contributed by atoms with E-state index in [0.717, 1.165) is 11.1 Å². The summed E-state index contributed by atoms with van der Waals surface area (Å²) < 4.78 is 32.2. The second-order valence-electron chi connectivity index (χ2n) is 8.39. The Labute approximate surface area is 206 Å². The summed E-state index contributed by atoms with van der Waals surface area (Å²) in [4.78, 5) is 24.6. The first-order chi connectivity index (χ1) is 16.8. The Morgan fingerprint density at radius 3 is 2.03 bits per heavy atom. The van der Waals surface area contributed by atoms with Crippen molar-refractivity contribution in [2.24, 2.45) is 0 Å². The van der Waals surface area contributed by atoms with Crippen LogP contribution >= 0.6 is 0 Å². The Morgan fingerprint density at radius 1 is 0.857 bits per heavy atom. The molecule has 1 amide bonds. The van der Waals surface area contributed by atoms with Crippen molar-refractivity contribution >= 4 is 21.9 Å². The highest BCUT2D eigenvalue weighted by molar-refractivity contribution is 7.89. The fraction of sp³-hybridized carbons (Fsp3) is 0.259. The Balaban J connectivity index is 1.54. The molecule has 0 heterocycles. The molecule has 184 valence electrons. The maximum atomic E-state index is 12.4. The number of carbonyl (C=O) groups excluding carboxylic acids is 2. The van der Waals surface area contributed by atoms with E-state index in [1.165, 1.54) is 24.3 Å². The number of hydrogen-bond acceptors (Lipinski definition) is 5. The Morgan fingerprint density at radius 2 is 1.46 bits per heavy atom. The van der Waals surface area contributed by atoms with Gasteiger partial charge in [-0.25, -0.2) is 17.9 Å². The van der Waals surface area contributed by atoms with Crippen molar-refractivity contribution in [2.75, 3.05) is 13.2 Å². The van der Waals surface area contributed by atoms with Crippen LogP contribution in [0.25, 0.3) is 0 Å². The molecular weight excluding hydrogens is 464 g/mol. The van der Waals surface area contributed by atoms with Gasteiger partial charge in [0.15, 0.2) is 6.61 Å². The van der Waals surface area contributed by atoms with E-state index in [4.69, 9.17) is 4.74 Å². The predicted octanol–water partition coefficient (Wildman–Crippen LogP) is 3.87. The monoisotopic (exact) mass is 494 g/mol. The van der Waals surface area contributed by atoms with Crippen LogP contribution in [-0.2, 0) is 19.6 Å². The molecule has 3 aromatic carbocycles. The van der Waals surface area contributed by atoms with Crippen LogP contribution in [0.2, 0.25) is 0 Å². The number of hydrogen-bond donors (Lipinski definition) is 2. The fourth-order valence-electron chi connectivity index (χ4n) is 3.69. The van der Waals surface area contributed by atoms with Crippen LogP contribution in [-0.4, -0.2) is 39.5 Å². The van der Waals surface area contributed by atoms with Crippen molar-refractivity contribution < 1.29 is 22.7 Å². The zero-order valence-corrected chi connectivity index (χ0v) is 20.6. The Bertz CT molecular complexity index is 1190. The molecule has 0 saturated heterocycles. The van der Waals surface area contributed by atoms with E-state index in [2.05, 4.69) is 34.3 Å². The molecule has 0 aliphatic heterocycles. The quantitative estimate of drug-likeness (QED) is 0.394. The minimum atomic E-state index is -3.75. The van der Waals surface area contributed by atoms with Crippen LogP contribution in [0.5, 0.6) is 0 Å². The molecule has 0 atom stereocenters. The van der Waals surface area contributed by atoms with Crippen molar-refractivity contribution in [3.8, 4) is 0 Å². The van der Waals surface area contributed by atoms with Crippen molar-refractivity contribution in [3.63, 3.8) is 0 Å². The van der Waals surface area contributed by atoms with Crippen molar-refractivity contribution in [1.29, 1.82) is 0 Å². The van der Waals surface area contributed by atoms with Crippen molar-refractivity contribution in [1.82, 2.24) is 10.0 Å². The molecule has 0 aliphatic carbocycles. The maximum absolute atomic E-state index is 12.4. The van der Waals surface area contributed by atoms with Crippen LogP contribution in [0.3, 0.4) is 0 Å². The lowest BCUT2D eigenvalue weighted by Crippen LogP contribution is -2.31. The van der Waals surface area contributed by atoms with Gasteiger partial charge in [0.25, 0.3) is 5.91 Å². The van der Waals surface area contributed by atoms with Crippen molar-refractivity contribution in [3.05, 3.63) is 102 Å². The number of nitrogens with one attached hydrogen (secondary N) is 2. The average Bonchev–Trinajstić information content (AvgIpc) is 2.85. The van der Waals surface area contributed by atoms with Gasteiger partial charge < -0.3 is 10.1 Å². The summed E-state index contributed by atoms with van der Waals surface area (Å²) in [6, 6.07) is 25.4. The molecule has 0 fully saturated rings. The van der Waals surface area contributed by atoms with Gasteiger partial charge in [0.05, 0.1) is 10.5 Å². The normalized spacial score (nSPS) is 11.4. The zero-order chi connectivity index (χ0) is 25.3. The van der Waals surface area contributed by atoms with E-state index in [1.807, 2.05) is 36.4 Å². The topological polar surface area (TPSA) is 102 Å². The fourth-order valence-corrected chi connectivity index (χ4v) is 4.98. The number of sulfonamides is 1. The van der Waals surface area contributed by atoms with E-state index >= 15 is 0 Å². The third-order valence-electron chi connectivity index (χ3n) is 5.26. The summed E-state index contributed by atoms with van der Waals surface area (Å²) in [6.45, 7) is 3.35. The van der Waals surface area contributed by atoms with Gasteiger partial charge >= 0.3 is 5.97 Å². The van der Waals surface area contributed by atoms with E-state index in [1.54, 1.807) is 13.8 Å². The number of benzene rings is 3. The molecule has 0 radical (unpaired) electrons. The minimum absolute atomic E-state index is 0.0435.